The van der Waals surface area contributed by atoms with E-state index in [9.17, 15) is 0 Å². The van der Waals surface area contributed by atoms with Crippen molar-refractivity contribution in [1.82, 2.24) is 0 Å². The number of nitrogens with zero attached hydrogens (tertiary/aromatic N) is 1. The molecule has 2 aromatic rings. The molecule has 0 bridgehead atoms. The van der Waals surface area contributed by atoms with Crippen LogP contribution < -0.4 is 15.4 Å². The van der Waals surface area contributed by atoms with E-state index in [1.807, 2.05) is 61.5 Å². The lowest BCUT2D eigenvalue weighted by Gasteiger charge is -2.15. The molecule has 0 saturated carbocycles. The molecule has 0 saturated heterocycles. The molecule has 0 aliphatic carbocycles. The molecule has 3 nitrogen and oxygen atoms in total. The average Bonchev–Trinajstić information content (AvgIpc) is 2.43. The number of halogens is 1. The van der Waals surface area contributed by atoms with Gasteiger partial charge >= 0.3 is 0 Å². The van der Waals surface area contributed by atoms with Gasteiger partial charge in [-0.05, 0) is 37.2 Å². The molecule has 0 aliphatic rings. The number of ether oxygens (including phenoxy) is 1. The smallest absolute Gasteiger partial charge is 0.132 e. The zero-order valence-electron chi connectivity index (χ0n) is 11.8. The first kappa shape index (κ1) is 14.7. The van der Waals surface area contributed by atoms with Crippen LogP contribution in [-0.2, 0) is 6.42 Å². The third kappa shape index (κ3) is 3.44. The molecule has 0 heterocycles. The fourth-order valence-electron chi connectivity index (χ4n) is 1.97. The summed E-state index contributed by atoms with van der Waals surface area (Å²) in [4.78, 5) is 2.03. The van der Waals surface area contributed by atoms with Crippen LogP contribution in [0.2, 0.25) is 5.02 Å². The summed E-state index contributed by atoms with van der Waals surface area (Å²) in [5.74, 6) is 1.55. The Hall–Kier alpha value is -1.71. The normalized spacial score (nSPS) is 10.4. The van der Waals surface area contributed by atoms with Gasteiger partial charge in [-0.15, -0.1) is 0 Å². The Morgan fingerprint density at radius 1 is 1.15 bits per heavy atom. The second kappa shape index (κ2) is 6.64. The predicted octanol–water partition coefficient (Wildman–Crippen LogP) is 3.70. The van der Waals surface area contributed by atoms with E-state index >= 15 is 0 Å². The Balaban J connectivity index is 2.30. The highest BCUT2D eigenvalue weighted by atomic mass is 35.5. The van der Waals surface area contributed by atoms with E-state index in [0.717, 1.165) is 22.7 Å². The van der Waals surface area contributed by atoms with E-state index in [1.54, 1.807) is 0 Å². The Bertz CT molecular complexity index is 584. The molecule has 106 valence electrons. The van der Waals surface area contributed by atoms with Gasteiger partial charge in [0, 0.05) is 36.4 Å². The lowest BCUT2D eigenvalue weighted by atomic mass is 10.1. The first-order chi connectivity index (χ1) is 9.61. The van der Waals surface area contributed by atoms with Crippen LogP contribution in [0.15, 0.2) is 42.5 Å². The molecule has 0 aliphatic heterocycles. The van der Waals surface area contributed by atoms with Gasteiger partial charge in [-0.25, -0.2) is 0 Å². The molecule has 0 aromatic heterocycles. The largest absolute Gasteiger partial charge is 0.457 e. The van der Waals surface area contributed by atoms with Crippen LogP contribution in [0.5, 0.6) is 11.5 Å². The number of hydrogen-bond donors (Lipinski definition) is 1. The molecule has 0 spiro atoms. The minimum Gasteiger partial charge on any atom is -0.457 e. The molecule has 0 fully saturated rings. The number of rotatable bonds is 5. The van der Waals surface area contributed by atoms with E-state index in [1.165, 1.54) is 0 Å². The van der Waals surface area contributed by atoms with E-state index in [2.05, 4.69) is 0 Å². The van der Waals surface area contributed by atoms with Gasteiger partial charge in [-0.2, -0.15) is 0 Å². The van der Waals surface area contributed by atoms with Gasteiger partial charge in [-0.3, -0.25) is 0 Å². The molecule has 0 radical (unpaired) electrons. The van der Waals surface area contributed by atoms with Crippen LogP contribution in [0, 0.1) is 0 Å². The van der Waals surface area contributed by atoms with Crippen molar-refractivity contribution < 1.29 is 4.74 Å². The average molecular weight is 291 g/mol. The zero-order chi connectivity index (χ0) is 14.5. The molecule has 20 heavy (non-hydrogen) atoms. The molecule has 2 aromatic carbocycles. The van der Waals surface area contributed by atoms with Crippen molar-refractivity contribution in [3.05, 3.63) is 53.1 Å². The number of anilines is 1. The monoisotopic (exact) mass is 290 g/mol. The summed E-state index contributed by atoms with van der Waals surface area (Å²) in [5, 5.41) is 0.691. The summed E-state index contributed by atoms with van der Waals surface area (Å²) >= 11 is 6.21. The van der Waals surface area contributed by atoms with Crippen molar-refractivity contribution in [2.24, 2.45) is 5.73 Å². The van der Waals surface area contributed by atoms with Crippen LogP contribution >= 0.6 is 11.6 Å². The van der Waals surface area contributed by atoms with Crippen molar-refractivity contribution >= 4 is 17.3 Å². The van der Waals surface area contributed by atoms with Crippen LogP contribution in [0.1, 0.15) is 5.56 Å². The second-order valence-electron chi connectivity index (χ2n) is 4.75. The first-order valence-electron chi connectivity index (χ1n) is 6.54. The Kier molecular flexibility index (Phi) is 4.88. The third-order valence-corrected chi connectivity index (χ3v) is 3.39. The van der Waals surface area contributed by atoms with Crippen molar-refractivity contribution in [2.75, 3.05) is 25.5 Å². The highest BCUT2D eigenvalue weighted by Crippen LogP contribution is 2.31. The Labute approximate surface area is 124 Å². The summed E-state index contributed by atoms with van der Waals surface area (Å²) in [7, 11) is 4.00. The predicted molar refractivity (Wildman–Crippen MR) is 85.1 cm³/mol. The minimum absolute atomic E-state index is 0.540. The number of hydrogen-bond acceptors (Lipinski definition) is 3. The third-order valence-electron chi connectivity index (χ3n) is 3.03. The highest BCUT2D eigenvalue weighted by molar-refractivity contribution is 6.31. The fraction of sp³-hybridized carbons (Fsp3) is 0.250. The van der Waals surface area contributed by atoms with E-state index in [4.69, 9.17) is 22.1 Å². The SMILES string of the molecule is CN(C)c1cccc(Oc2cccc(Cl)c2CCN)c1. The molecule has 2 rings (SSSR count). The molecular formula is C16H19ClN2O. The molecular weight excluding hydrogens is 272 g/mol. The maximum absolute atomic E-state index is 6.21. The highest BCUT2D eigenvalue weighted by Gasteiger charge is 2.09. The fourth-order valence-corrected chi connectivity index (χ4v) is 2.23. The lowest BCUT2D eigenvalue weighted by Crippen LogP contribution is -2.08. The Morgan fingerprint density at radius 3 is 2.60 bits per heavy atom. The van der Waals surface area contributed by atoms with Crippen LogP contribution in [0.25, 0.3) is 0 Å². The second-order valence-corrected chi connectivity index (χ2v) is 5.16. The van der Waals surface area contributed by atoms with Gasteiger partial charge in [-0.1, -0.05) is 23.7 Å². The maximum atomic E-state index is 6.21. The Morgan fingerprint density at radius 2 is 1.90 bits per heavy atom. The molecule has 0 unspecified atom stereocenters. The topological polar surface area (TPSA) is 38.5 Å². The molecule has 2 N–H and O–H groups in total. The summed E-state index contributed by atoms with van der Waals surface area (Å²) in [5.41, 5.74) is 7.67. The van der Waals surface area contributed by atoms with Gasteiger partial charge in [0.05, 0.1) is 0 Å². The minimum atomic E-state index is 0.540. The van der Waals surface area contributed by atoms with Gasteiger partial charge in [0.15, 0.2) is 0 Å². The van der Waals surface area contributed by atoms with E-state index in [0.29, 0.717) is 18.0 Å². The first-order valence-corrected chi connectivity index (χ1v) is 6.92. The zero-order valence-corrected chi connectivity index (χ0v) is 12.5. The van der Waals surface area contributed by atoms with Crippen molar-refractivity contribution in [1.29, 1.82) is 0 Å². The van der Waals surface area contributed by atoms with Crippen LogP contribution in [-0.4, -0.2) is 20.6 Å². The standard InChI is InChI=1S/C16H19ClN2O/c1-19(2)12-5-3-6-13(11-12)20-16-8-4-7-15(17)14(16)9-10-18/h3-8,11H,9-10,18H2,1-2H3. The number of nitrogens with two attached hydrogens (primary N) is 1. The van der Waals surface area contributed by atoms with Crippen molar-refractivity contribution in [3.8, 4) is 11.5 Å². The van der Waals surface area contributed by atoms with Gasteiger partial charge in [0.25, 0.3) is 0 Å². The molecule has 0 atom stereocenters. The van der Waals surface area contributed by atoms with Crippen LogP contribution in [0.3, 0.4) is 0 Å². The van der Waals surface area contributed by atoms with Gasteiger partial charge in [0.1, 0.15) is 11.5 Å². The number of benzene rings is 2. The van der Waals surface area contributed by atoms with Crippen molar-refractivity contribution in [2.45, 2.75) is 6.42 Å². The maximum Gasteiger partial charge on any atom is 0.132 e. The van der Waals surface area contributed by atoms with Crippen molar-refractivity contribution in [3.63, 3.8) is 0 Å². The molecule has 0 amide bonds. The van der Waals surface area contributed by atoms with E-state index < -0.39 is 0 Å². The lowest BCUT2D eigenvalue weighted by molar-refractivity contribution is 0.476. The van der Waals surface area contributed by atoms with Gasteiger partial charge < -0.3 is 15.4 Å². The summed E-state index contributed by atoms with van der Waals surface area (Å²) in [6, 6.07) is 13.6. The summed E-state index contributed by atoms with van der Waals surface area (Å²) < 4.78 is 5.97. The quantitative estimate of drug-likeness (QED) is 0.912. The van der Waals surface area contributed by atoms with Crippen LogP contribution in [0.4, 0.5) is 5.69 Å². The molecule has 4 heteroatoms. The van der Waals surface area contributed by atoms with Gasteiger partial charge in [0.2, 0.25) is 0 Å². The summed E-state index contributed by atoms with van der Waals surface area (Å²) in [6.07, 6.45) is 0.697. The summed E-state index contributed by atoms with van der Waals surface area (Å²) in [6.45, 7) is 0.540. The van der Waals surface area contributed by atoms with E-state index in [-0.39, 0.29) is 0 Å².